The molecule has 4 N–H and O–H groups in total. The molecule has 0 aliphatic carbocycles. The monoisotopic (exact) mass is 444 g/mol. The van der Waals surface area contributed by atoms with Gasteiger partial charge >= 0.3 is 5.97 Å². The minimum absolute atomic E-state index is 0.202. The van der Waals surface area contributed by atoms with Crippen molar-refractivity contribution in [1.82, 2.24) is 0 Å². The maximum absolute atomic E-state index is 11.9. The highest BCUT2D eigenvalue weighted by atomic mass is 16.7. The van der Waals surface area contributed by atoms with Gasteiger partial charge in [-0.15, -0.1) is 0 Å². The van der Waals surface area contributed by atoms with Crippen LogP contribution in [-0.4, -0.2) is 63.7 Å². The number of ether oxygens (including phenoxy) is 2. The molecule has 0 aromatic heterocycles. The summed E-state index contributed by atoms with van der Waals surface area (Å²) in [5.74, 6) is -0.526. The highest BCUT2D eigenvalue weighted by molar-refractivity contribution is 5.69. The lowest BCUT2D eigenvalue weighted by molar-refractivity contribution is -0.292. The van der Waals surface area contributed by atoms with Crippen LogP contribution in [0, 0.1) is 0 Å². The van der Waals surface area contributed by atoms with Gasteiger partial charge in [0.25, 0.3) is 0 Å². The second kappa shape index (κ2) is 17.6. The molecule has 5 atom stereocenters. The van der Waals surface area contributed by atoms with Gasteiger partial charge in [0.05, 0.1) is 6.61 Å². The number of aliphatic hydroxyl groups excluding tert-OH is 4. The number of hydrogen-bond donors (Lipinski definition) is 4. The molecule has 0 aromatic carbocycles. The molecule has 7 nitrogen and oxygen atoms in total. The van der Waals surface area contributed by atoms with E-state index in [0.29, 0.717) is 6.42 Å². The Morgan fingerprint density at radius 2 is 1.35 bits per heavy atom. The standard InChI is InChI=1S/C24H44O7/c1-2-3-4-5-6-7-8-9-10-11-12-13-14-15-16-17-20(26)31-24-23(29)22(28)21(27)19(18-25)30-24/h9-10,19,21-25,27-29H,2-8,11-18H2,1H3/t19-,21-,22+,23+,24?/m1/s1. The topological polar surface area (TPSA) is 116 Å². The fourth-order valence-corrected chi connectivity index (χ4v) is 3.69. The molecule has 7 heteroatoms. The van der Waals surface area contributed by atoms with Crippen LogP contribution >= 0.6 is 0 Å². The summed E-state index contributed by atoms with van der Waals surface area (Å²) < 4.78 is 10.2. The first kappa shape index (κ1) is 28.0. The smallest absolute Gasteiger partial charge is 0.308 e. The van der Waals surface area contributed by atoms with Gasteiger partial charge in [-0.3, -0.25) is 4.79 Å². The van der Waals surface area contributed by atoms with Gasteiger partial charge in [-0.05, 0) is 32.1 Å². The van der Waals surface area contributed by atoms with Gasteiger partial charge in [0.15, 0.2) is 0 Å². The van der Waals surface area contributed by atoms with Gasteiger partial charge < -0.3 is 29.9 Å². The lowest BCUT2D eigenvalue weighted by atomic mass is 9.99. The molecular weight excluding hydrogens is 400 g/mol. The molecule has 182 valence electrons. The fraction of sp³-hybridized carbons (Fsp3) is 0.875. The van der Waals surface area contributed by atoms with Crippen LogP contribution in [0.5, 0.6) is 0 Å². The Morgan fingerprint density at radius 1 is 0.806 bits per heavy atom. The fourth-order valence-electron chi connectivity index (χ4n) is 3.69. The number of allylic oxidation sites excluding steroid dienone is 2. The zero-order valence-corrected chi connectivity index (χ0v) is 19.2. The maximum atomic E-state index is 11.9. The van der Waals surface area contributed by atoms with Crippen LogP contribution in [0.3, 0.4) is 0 Å². The molecule has 0 bridgehead atoms. The third-order valence-electron chi connectivity index (χ3n) is 5.74. The highest BCUT2D eigenvalue weighted by Gasteiger charge is 2.45. The lowest BCUT2D eigenvalue weighted by Gasteiger charge is -2.39. The van der Waals surface area contributed by atoms with E-state index in [1.54, 1.807) is 0 Å². The molecule has 1 unspecified atom stereocenters. The summed E-state index contributed by atoms with van der Waals surface area (Å²) in [4.78, 5) is 11.9. The predicted octanol–water partition coefficient (Wildman–Crippen LogP) is 3.37. The van der Waals surface area contributed by atoms with E-state index in [-0.39, 0.29) is 6.42 Å². The molecule has 1 aliphatic heterocycles. The first-order valence-corrected chi connectivity index (χ1v) is 12.2. The van der Waals surface area contributed by atoms with Crippen LogP contribution < -0.4 is 0 Å². The van der Waals surface area contributed by atoms with Crippen molar-refractivity contribution >= 4 is 5.97 Å². The summed E-state index contributed by atoms with van der Waals surface area (Å²) >= 11 is 0. The number of carbonyl (C=O) groups is 1. The zero-order valence-electron chi connectivity index (χ0n) is 19.2. The summed E-state index contributed by atoms with van der Waals surface area (Å²) in [6.45, 7) is 1.69. The Kier molecular flexibility index (Phi) is 15.9. The summed E-state index contributed by atoms with van der Waals surface area (Å²) in [5.41, 5.74) is 0. The quantitative estimate of drug-likeness (QED) is 0.154. The number of rotatable bonds is 17. The summed E-state index contributed by atoms with van der Waals surface area (Å²) in [6.07, 6.45) is 13.0. The van der Waals surface area contributed by atoms with Crippen LogP contribution in [0.15, 0.2) is 12.2 Å². The summed E-state index contributed by atoms with van der Waals surface area (Å²) in [5, 5.41) is 38.5. The first-order chi connectivity index (χ1) is 15.0. The van der Waals surface area contributed by atoms with E-state index in [0.717, 1.165) is 32.1 Å². The molecule has 0 saturated carbocycles. The van der Waals surface area contributed by atoms with E-state index in [2.05, 4.69) is 19.1 Å². The van der Waals surface area contributed by atoms with E-state index in [4.69, 9.17) is 14.6 Å². The van der Waals surface area contributed by atoms with Crippen LogP contribution in [0.25, 0.3) is 0 Å². The molecule has 31 heavy (non-hydrogen) atoms. The average molecular weight is 445 g/mol. The van der Waals surface area contributed by atoms with Crippen LogP contribution in [0.4, 0.5) is 0 Å². The zero-order chi connectivity index (χ0) is 22.9. The normalized spacial score (nSPS) is 26.4. The highest BCUT2D eigenvalue weighted by Crippen LogP contribution is 2.22. The Bertz CT molecular complexity index is 481. The molecule has 1 heterocycles. The van der Waals surface area contributed by atoms with Crippen molar-refractivity contribution in [2.75, 3.05) is 6.61 Å². The molecule has 0 amide bonds. The number of unbranched alkanes of at least 4 members (excludes halogenated alkanes) is 11. The largest absolute Gasteiger partial charge is 0.433 e. The van der Waals surface area contributed by atoms with Gasteiger partial charge in [0.1, 0.15) is 24.4 Å². The van der Waals surface area contributed by atoms with Crippen molar-refractivity contribution in [3.8, 4) is 0 Å². The Balaban J connectivity index is 1.99. The molecular formula is C24H44O7. The average Bonchev–Trinajstić information content (AvgIpc) is 2.76. The van der Waals surface area contributed by atoms with Crippen molar-refractivity contribution in [3.05, 3.63) is 12.2 Å². The molecule has 0 aromatic rings. The third-order valence-corrected chi connectivity index (χ3v) is 5.74. The van der Waals surface area contributed by atoms with Crippen LogP contribution in [-0.2, 0) is 14.3 Å². The third kappa shape index (κ3) is 12.0. The van der Waals surface area contributed by atoms with Crippen molar-refractivity contribution in [2.45, 2.75) is 128 Å². The number of aliphatic hydroxyl groups is 4. The van der Waals surface area contributed by atoms with Gasteiger partial charge in [0, 0.05) is 6.42 Å². The van der Waals surface area contributed by atoms with E-state index >= 15 is 0 Å². The van der Waals surface area contributed by atoms with Crippen molar-refractivity contribution < 1.29 is 34.7 Å². The minimum atomic E-state index is -1.55. The van der Waals surface area contributed by atoms with Crippen LogP contribution in [0.2, 0.25) is 0 Å². The second-order valence-electron chi connectivity index (χ2n) is 8.52. The number of hydrogen-bond acceptors (Lipinski definition) is 7. The molecule has 1 aliphatic rings. The van der Waals surface area contributed by atoms with E-state index in [9.17, 15) is 20.1 Å². The predicted molar refractivity (Wildman–Crippen MR) is 119 cm³/mol. The Morgan fingerprint density at radius 3 is 1.94 bits per heavy atom. The molecule has 0 spiro atoms. The van der Waals surface area contributed by atoms with Crippen molar-refractivity contribution in [2.24, 2.45) is 0 Å². The Hall–Kier alpha value is -0.990. The van der Waals surface area contributed by atoms with Crippen molar-refractivity contribution in [1.29, 1.82) is 0 Å². The summed E-state index contributed by atoms with van der Waals surface area (Å²) in [7, 11) is 0. The number of carbonyl (C=O) groups excluding carboxylic acids is 1. The van der Waals surface area contributed by atoms with Gasteiger partial charge in [-0.25, -0.2) is 0 Å². The summed E-state index contributed by atoms with van der Waals surface area (Å²) in [6, 6.07) is 0. The van der Waals surface area contributed by atoms with Gasteiger partial charge in [-0.2, -0.15) is 0 Å². The Labute approximate surface area is 187 Å². The first-order valence-electron chi connectivity index (χ1n) is 12.2. The molecule has 1 fully saturated rings. The SMILES string of the molecule is CCCCCCCCC=CCCCCCCCC(=O)OC1O[C@H](CO)[C@@H](O)[C@H](O)[C@@H]1O. The molecule has 1 rings (SSSR count). The molecule has 0 radical (unpaired) electrons. The molecule has 1 saturated heterocycles. The van der Waals surface area contributed by atoms with Gasteiger partial charge in [-0.1, -0.05) is 70.4 Å². The van der Waals surface area contributed by atoms with Crippen molar-refractivity contribution in [3.63, 3.8) is 0 Å². The minimum Gasteiger partial charge on any atom is -0.433 e. The van der Waals surface area contributed by atoms with E-state index < -0.39 is 43.3 Å². The van der Waals surface area contributed by atoms with Crippen LogP contribution in [0.1, 0.15) is 96.8 Å². The number of esters is 1. The lowest BCUT2D eigenvalue weighted by Crippen LogP contribution is -2.59. The van der Waals surface area contributed by atoms with E-state index in [1.807, 2.05) is 0 Å². The van der Waals surface area contributed by atoms with Gasteiger partial charge in [0.2, 0.25) is 6.29 Å². The second-order valence-corrected chi connectivity index (χ2v) is 8.52. The van der Waals surface area contributed by atoms with E-state index in [1.165, 1.54) is 44.9 Å². The maximum Gasteiger partial charge on any atom is 0.308 e.